The normalized spacial score (nSPS) is 10.6. The van der Waals surface area contributed by atoms with Gasteiger partial charge >= 0.3 is 0 Å². The van der Waals surface area contributed by atoms with Crippen LogP contribution < -0.4 is 5.32 Å². The molecule has 0 saturated heterocycles. The summed E-state index contributed by atoms with van der Waals surface area (Å²) in [6.07, 6.45) is 2.23. The number of aromatic nitrogens is 1. The van der Waals surface area contributed by atoms with E-state index in [-0.39, 0.29) is 5.91 Å². The minimum Gasteiger partial charge on any atom is -0.298 e. The van der Waals surface area contributed by atoms with Crippen LogP contribution in [0.15, 0.2) is 58.4 Å². The Bertz CT molecular complexity index is 843. The summed E-state index contributed by atoms with van der Waals surface area (Å²) >= 11 is 4.81. The molecule has 3 aromatic rings. The average Bonchev–Trinajstić information content (AvgIpc) is 3.04. The molecule has 0 fully saturated rings. The van der Waals surface area contributed by atoms with E-state index in [1.807, 2.05) is 17.5 Å². The third-order valence-electron chi connectivity index (χ3n) is 3.60. The zero-order valence-corrected chi connectivity index (χ0v) is 15.7. The fraction of sp³-hybridized carbons (Fsp3) is 0.158. The number of aryl methyl sites for hydroxylation is 1. The molecule has 0 aliphatic rings. The van der Waals surface area contributed by atoms with Crippen LogP contribution in [0.3, 0.4) is 0 Å². The first-order valence-corrected chi connectivity index (χ1v) is 9.44. The molecule has 0 spiro atoms. The molecule has 2 aromatic carbocycles. The van der Waals surface area contributed by atoms with Crippen molar-refractivity contribution >= 4 is 38.3 Å². The topological polar surface area (TPSA) is 42.0 Å². The van der Waals surface area contributed by atoms with Gasteiger partial charge in [0.25, 0.3) is 5.91 Å². The van der Waals surface area contributed by atoms with E-state index in [2.05, 4.69) is 57.4 Å². The minimum atomic E-state index is -0.157. The second kappa shape index (κ2) is 7.73. The Hall–Kier alpha value is -1.98. The zero-order valence-electron chi connectivity index (χ0n) is 13.3. The third kappa shape index (κ3) is 4.10. The number of nitrogens with zero attached hydrogens (tertiary/aromatic N) is 1. The molecule has 1 N–H and O–H groups in total. The lowest BCUT2D eigenvalue weighted by atomic mass is 10.1. The van der Waals surface area contributed by atoms with Crippen LogP contribution in [0.25, 0.3) is 11.3 Å². The van der Waals surface area contributed by atoms with Gasteiger partial charge in [-0.1, -0.05) is 59.6 Å². The van der Waals surface area contributed by atoms with Gasteiger partial charge in [-0.05, 0) is 30.2 Å². The van der Waals surface area contributed by atoms with E-state index in [0.29, 0.717) is 10.7 Å². The van der Waals surface area contributed by atoms with Gasteiger partial charge in [0.15, 0.2) is 5.13 Å². The minimum absolute atomic E-state index is 0.157. The lowest BCUT2D eigenvalue weighted by molar-refractivity contribution is 0.102. The summed E-state index contributed by atoms with van der Waals surface area (Å²) in [5.74, 6) is -0.157. The number of nitrogens with one attached hydrogen (secondary N) is 1. The maximum atomic E-state index is 12.3. The molecule has 5 heteroatoms. The summed E-state index contributed by atoms with van der Waals surface area (Å²) in [4.78, 5) is 16.8. The van der Waals surface area contributed by atoms with Crippen molar-refractivity contribution in [3.63, 3.8) is 0 Å². The van der Waals surface area contributed by atoms with Crippen molar-refractivity contribution in [2.45, 2.75) is 19.8 Å². The molecule has 0 atom stereocenters. The van der Waals surface area contributed by atoms with Crippen LogP contribution in [0.5, 0.6) is 0 Å². The van der Waals surface area contributed by atoms with Crippen molar-refractivity contribution in [2.24, 2.45) is 0 Å². The van der Waals surface area contributed by atoms with Crippen molar-refractivity contribution in [2.75, 3.05) is 5.32 Å². The van der Waals surface area contributed by atoms with Gasteiger partial charge in [0.2, 0.25) is 0 Å². The molecular formula is C19H17BrN2OS. The first-order valence-electron chi connectivity index (χ1n) is 7.77. The summed E-state index contributed by atoms with van der Waals surface area (Å²) in [5, 5.41) is 5.42. The van der Waals surface area contributed by atoms with E-state index < -0.39 is 0 Å². The largest absolute Gasteiger partial charge is 0.298 e. The van der Waals surface area contributed by atoms with Gasteiger partial charge in [-0.25, -0.2) is 4.98 Å². The summed E-state index contributed by atoms with van der Waals surface area (Å²) in [7, 11) is 0. The monoisotopic (exact) mass is 400 g/mol. The molecule has 0 aliphatic carbocycles. The van der Waals surface area contributed by atoms with Crippen LogP contribution in [-0.4, -0.2) is 10.9 Å². The maximum absolute atomic E-state index is 12.3. The summed E-state index contributed by atoms with van der Waals surface area (Å²) in [5.41, 5.74) is 3.88. The molecule has 3 nitrogen and oxygen atoms in total. The lowest BCUT2D eigenvalue weighted by Crippen LogP contribution is -2.11. The van der Waals surface area contributed by atoms with Crippen molar-refractivity contribution in [3.05, 3.63) is 69.5 Å². The van der Waals surface area contributed by atoms with E-state index in [1.54, 1.807) is 12.1 Å². The fourth-order valence-corrected chi connectivity index (χ4v) is 3.51. The summed E-state index contributed by atoms with van der Waals surface area (Å²) < 4.78 is 0.877. The molecule has 3 rings (SSSR count). The number of thiazole rings is 1. The van der Waals surface area contributed by atoms with Gasteiger partial charge in [0.1, 0.15) is 0 Å². The molecule has 0 radical (unpaired) electrons. The summed E-state index contributed by atoms with van der Waals surface area (Å²) in [6, 6.07) is 15.7. The van der Waals surface area contributed by atoms with Crippen molar-refractivity contribution in [1.29, 1.82) is 0 Å². The Morgan fingerprint density at radius 2 is 2.00 bits per heavy atom. The van der Waals surface area contributed by atoms with Gasteiger partial charge in [0, 0.05) is 21.0 Å². The Morgan fingerprint density at radius 1 is 1.21 bits per heavy atom. The average molecular weight is 401 g/mol. The first-order chi connectivity index (χ1) is 11.7. The van der Waals surface area contributed by atoms with Crippen LogP contribution in [-0.2, 0) is 6.42 Å². The molecule has 0 unspecified atom stereocenters. The SMILES string of the molecule is CCCc1ccc(-c2csc(NC(=O)c3cccc(Br)c3)n2)cc1. The first kappa shape index (κ1) is 16.9. The quantitative estimate of drug-likeness (QED) is 0.589. The number of amides is 1. The number of halogens is 1. The third-order valence-corrected chi connectivity index (χ3v) is 4.85. The predicted octanol–water partition coefficient (Wildman–Crippen LogP) is 5.78. The molecule has 1 heterocycles. The van der Waals surface area contributed by atoms with Crippen LogP contribution in [0, 0.1) is 0 Å². The van der Waals surface area contributed by atoms with Gasteiger partial charge in [-0.3, -0.25) is 10.1 Å². The molecule has 0 bridgehead atoms. The Balaban J connectivity index is 1.72. The highest BCUT2D eigenvalue weighted by Crippen LogP contribution is 2.26. The molecule has 122 valence electrons. The van der Waals surface area contributed by atoms with E-state index in [9.17, 15) is 4.79 Å². The van der Waals surface area contributed by atoms with Crippen molar-refractivity contribution < 1.29 is 4.79 Å². The summed E-state index contributed by atoms with van der Waals surface area (Å²) in [6.45, 7) is 2.18. The highest BCUT2D eigenvalue weighted by Gasteiger charge is 2.10. The number of anilines is 1. The van der Waals surface area contributed by atoms with E-state index in [0.717, 1.165) is 28.6 Å². The van der Waals surface area contributed by atoms with Crippen molar-refractivity contribution in [3.8, 4) is 11.3 Å². The highest BCUT2D eigenvalue weighted by atomic mass is 79.9. The number of hydrogen-bond acceptors (Lipinski definition) is 3. The van der Waals surface area contributed by atoms with Crippen LogP contribution in [0.1, 0.15) is 29.3 Å². The maximum Gasteiger partial charge on any atom is 0.257 e. The van der Waals surface area contributed by atoms with Crippen LogP contribution >= 0.6 is 27.3 Å². The molecule has 1 amide bonds. The Morgan fingerprint density at radius 3 is 2.71 bits per heavy atom. The second-order valence-corrected chi connectivity index (χ2v) is 7.22. The lowest BCUT2D eigenvalue weighted by Gasteiger charge is -2.02. The number of carbonyl (C=O) groups excluding carboxylic acids is 1. The fourth-order valence-electron chi connectivity index (χ4n) is 2.39. The molecule has 0 aliphatic heterocycles. The molecule has 0 saturated carbocycles. The Labute approximate surface area is 153 Å². The number of carbonyl (C=O) groups is 1. The molecular weight excluding hydrogens is 384 g/mol. The number of hydrogen-bond donors (Lipinski definition) is 1. The number of benzene rings is 2. The molecule has 1 aromatic heterocycles. The van der Waals surface area contributed by atoms with Gasteiger partial charge in [-0.2, -0.15) is 0 Å². The van der Waals surface area contributed by atoms with E-state index in [1.165, 1.54) is 16.9 Å². The highest BCUT2D eigenvalue weighted by molar-refractivity contribution is 9.10. The van der Waals surface area contributed by atoms with Gasteiger partial charge in [-0.15, -0.1) is 11.3 Å². The predicted molar refractivity (Wildman–Crippen MR) is 104 cm³/mol. The van der Waals surface area contributed by atoms with E-state index in [4.69, 9.17) is 0 Å². The number of rotatable bonds is 5. The van der Waals surface area contributed by atoms with E-state index >= 15 is 0 Å². The van der Waals surface area contributed by atoms with Gasteiger partial charge in [0.05, 0.1) is 5.69 Å². The van der Waals surface area contributed by atoms with Crippen LogP contribution in [0.2, 0.25) is 0 Å². The standard InChI is InChI=1S/C19H17BrN2OS/c1-2-4-13-7-9-14(10-8-13)17-12-24-19(21-17)22-18(23)15-5-3-6-16(20)11-15/h3,5-12H,2,4H2,1H3,(H,21,22,23). The second-order valence-electron chi connectivity index (χ2n) is 5.45. The van der Waals surface area contributed by atoms with Crippen molar-refractivity contribution in [1.82, 2.24) is 4.98 Å². The zero-order chi connectivity index (χ0) is 16.9. The molecule has 24 heavy (non-hydrogen) atoms. The smallest absolute Gasteiger partial charge is 0.257 e. The Kier molecular flexibility index (Phi) is 5.43. The van der Waals surface area contributed by atoms with Crippen LogP contribution in [0.4, 0.5) is 5.13 Å². The van der Waals surface area contributed by atoms with Gasteiger partial charge < -0.3 is 0 Å².